The molecule has 0 aromatic rings. The van der Waals surface area contributed by atoms with Crippen LogP contribution in [0.25, 0.3) is 0 Å². The lowest BCUT2D eigenvalue weighted by molar-refractivity contribution is -0.163. The van der Waals surface area contributed by atoms with Gasteiger partial charge >= 0.3 is 5.97 Å². The van der Waals surface area contributed by atoms with E-state index >= 15 is 0 Å². The van der Waals surface area contributed by atoms with Gasteiger partial charge in [0.05, 0.1) is 18.6 Å². The Hall–Kier alpha value is -1.14. The van der Waals surface area contributed by atoms with E-state index in [1.165, 1.54) is 0 Å². The van der Waals surface area contributed by atoms with E-state index < -0.39 is 12.1 Å². The van der Waals surface area contributed by atoms with Crippen molar-refractivity contribution in [2.75, 3.05) is 32.8 Å². The molecule has 1 amide bonds. The van der Waals surface area contributed by atoms with Crippen LogP contribution in [-0.4, -0.2) is 60.8 Å². The zero-order valence-corrected chi connectivity index (χ0v) is 11.4. The standard InChI is InChI=1S/C13H22N2O4/c1-2-13(3-5-14-6-4-13)12(18)15-7-8-19-10(9-15)11(16)17/h10,14H,2-9H2,1H3,(H,16,17). The Bertz CT molecular complexity index is 353. The van der Waals surface area contributed by atoms with Crippen LogP contribution in [0.5, 0.6) is 0 Å². The van der Waals surface area contributed by atoms with Crippen molar-refractivity contribution in [3.8, 4) is 0 Å². The number of amides is 1. The molecular formula is C13H22N2O4. The smallest absolute Gasteiger partial charge is 0.334 e. The number of nitrogens with zero attached hydrogens (tertiary/aromatic N) is 1. The van der Waals surface area contributed by atoms with E-state index in [0.717, 1.165) is 32.4 Å². The second-order valence-electron chi connectivity index (χ2n) is 5.33. The van der Waals surface area contributed by atoms with Crippen molar-refractivity contribution in [2.45, 2.75) is 32.3 Å². The van der Waals surface area contributed by atoms with Gasteiger partial charge in [-0.25, -0.2) is 4.79 Å². The van der Waals surface area contributed by atoms with Crippen LogP contribution in [0.3, 0.4) is 0 Å². The number of carbonyl (C=O) groups is 2. The van der Waals surface area contributed by atoms with Gasteiger partial charge in [0.15, 0.2) is 6.10 Å². The number of aliphatic carboxylic acids is 1. The summed E-state index contributed by atoms with van der Waals surface area (Å²) in [6.07, 6.45) is 1.59. The number of hydrogen-bond acceptors (Lipinski definition) is 4. The van der Waals surface area contributed by atoms with Gasteiger partial charge in [0, 0.05) is 6.54 Å². The van der Waals surface area contributed by atoms with Gasteiger partial charge in [-0.15, -0.1) is 0 Å². The molecular weight excluding hydrogens is 248 g/mol. The Morgan fingerprint density at radius 1 is 1.42 bits per heavy atom. The van der Waals surface area contributed by atoms with Crippen molar-refractivity contribution < 1.29 is 19.4 Å². The van der Waals surface area contributed by atoms with Crippen LogP contribution in [0.1, 0.15) is 26.2 Å². The van der Waals surface area contributed by atoms with Crippen LogP contribution in [0.4, 0.5) is 0 Å². The summed E-state index contributed by atoms with van der Waals surface area (Å²) in [5, 5.41) is 12.3. The lowest BCUT2D eigenvalue weighted by atomic mass is 9.75. The highest BCUT2D eigenvalue weighted by molar-refractivity contribution is 5.84. The molecule has 2 rings (SSSR count). The first kappa shape index (κ1) is 14.3. The van der Waals surface area contributed by atoms with Crippen LogP contribution >= 0.6 is 0 Å². The van der Waals surface area contributed by atoms with Crippen molar-refractivity contribution in [3.05, 3.63) is 0 Å². The molecule has 2 N–H and O–H groups in total. The van der Waals surface area contributed by atoms with E-state index in [2.05, 4.69) is 5.32 Å². The highest BCUT2D eigenvalue weighted by atomic mass is 16.5. The highest BCUT2D eigenvalue weighted by Crippen LogP contribution is 2.35. The molecule has 2 heterocycles. The number of carboxylic acid groups (broad SMARTS) is 1. The number of ether oxygens (including phenoxy) is 1. The fourth-order valence-corrected chi connectivity index (χ4v) is 2.94. The normalized spacial score (nSPS) is 27.0. The maximum atomic E-state index is 12.7. The average Bonchev–Trinajstić information content (AvgIpc) is 2.47. The Labute approximate surface area is 113 Å². The largest absolute Gasteiger partial charge is 0.479 e. The molecule has 0 spiro atoms. The van der Waals surface area contributed by atoms with Gasteiger partial charge in [-0.3, -0.25) is 4.79 Å². The number of morpholine rings is 1. The molecule has 2 aliphatic rings. The fourth-order valence-electron chi connectivity index (χ4n) is 2.94. The lowest BCUT2D eigenvalue weighted by Crippen LogP contribution is -2.55. The van der Waals surface area contributed by atoms with Gasteiger partial charge in [-0.05, 0) is 32.4 Å². The molecule has 0 aromatic heterocycles. The minimum Gasteiger partial charge on any atom is -0.479 e. The monoisotopic (exact) mass is 270 g/mol. The summed E-state index contributed by atoms with van der Waals surface area (Å²) in [7, 11) is 0. The second-order valence-corrected chi connectivity index (χ2v) is 5.33. The lowest BCUT2D eigenvalue weighted by Gasteiger charge is -2.41. The van der Waals surface area contributed by atoms with E-state index in [4.69, 9.17) is 9.84 Å². The summed E-state index contributed by atoms with van der Waals surface area (Å²) in [5.41, 5.74) is -0.314. The number of nitrogens with one attached hydrogen (secondary N) is 1. The van der Waals surface area contributed by atoms with Gasteiger partial charge in [0.2, 0.25) is 5.91 Å². The molecule has 6 heteroatoms. The summed E-state index contributed by atoms with van der Waals surface area (Å²) < 4.78 is 5.17. The number of rotatable bonds is 3. The Morgan fingerprint density at radius 3 is 2.68 bits per heavy atom. The third kappa shape index (κ3) is 2.90. The van der Waals surface area contributed by atoms with Crippen molar-refractivity contribution in [2.24, 2.45) is 5.41 Å². The fraction of sp³-hybridized carbons (Fsp3) is 0.846. The quantitative estimate of drug-likeness (QED) is 0.759. The summed E-state index contributed by atoms with van der Waals surface area (Å²) in [4.78, 5) is 25.4. The molecule has 1 atom stereocenters. The number of carboxylic acids is 1. The molecule has 0 aromatic carbocycles. The van der Waals surface area contributed by atoms with E-state index in [1.807, 2.05) is 6.92 Å². The van der Waals surface area contributed by atoms with Crippen LogP contribution < -0.4 is 5.32 Å². The SMILES string of the molecule is CCC1(C(=O)N2CCOC(C(=O)O)C2)CCNCC1. The average molecular weight is 270 g/mol. The summed E-state index contributed by atoms with van der Waals surface area (Å²) in [6, 6.07) is 0. The maximum absolute atomic E-state index is 12.7. The first-order valence-electron chi connectivity index (χ1n) is 6.93. The zero-order valence-electron chi connectivity index (χ0n) is 11.4. The molecule has 19 heavy (non-hydrogen) atoms. The Balaban J connectivity index is 2.06. The first-order valence-corrected chi connectivity index (χ1v) is 6.93. The maximum Gasteiger partial charge on any atom is 0.334 e. The minimum absolute atomic E-state index is 0.103. The molecule has 0 radical (unpaired) electrons. The molecule has 108 valence electrons. The predicted octanol–water partition coefficient (Wildman–Crippen LogP) is 0.0782. The zero-order chi connectivity index (χ0) is 13.9. The van der Waals surface area contributed by atoms with Gasteiger partial charge in [0.25, 0.3) is 0 Å². The molecule has 6 nitrogen and oxygen atoms in total. The van der Waals surface area contributed by atoms with Crippen molar-refractivity contribution in [1.29, 1.82) is 0 Å². The van der Waals surface area contributed by atoms with Crippen LogP contribution in [-0.2, 0) is 14.3 Å². The molecule has 0 saturated carbocycles. The molecule has 0 bridgehead atoms. The summed E-state index contributed by atoms with van der Waals surface area (Å²) >= 11 is 0. The molecule has 0 aliphatic carbocycles. The summed E-state index contributed by atoms with van der Waals surface area (Å²) in [5.74, 6) is -0.889. The van der Waals surface area contributed by atoms with E-state index in [0.29, 0.717) is 13.2 Å². The van der Waals surface area contributed by atoms with E-state index in [9.17, 15) is 9.59 Å². The molecule has 1 unspecified atom stereocenters. The number of hydrogen-bond donors (Lipinski definition) is 2. The van der Waals surface area contributed by atoms with Crippen LogP contribution in [0.2, 0.25) is 0 Å². The van der Waals surface area contributed by atoms with Gasteiger partial charge in [-0.1, -0.05) is 6.92 Å². The van der Waals surface area contributed by atoms with E-state index in [-0.39, 0.29) is 17.9 Å². The summed E-state index contributed by atoms with van der Waals surface area (Å²) in [6.45, 7) is 4.72. The highest BCUT2D eigenvalue weighted by Gasteiger charge is 2.42. The third-order valence-corrected chi connectivity index (χ3v) is 4.32. The minimum atomic E-state index is -0.992. The number of carbonyl (C=O) groups excluding carboxylic acids is 1. The molecule has 2 aliphatic heterocycles. The predicted molar refractivity (Wildman–Crippen MR) is 68.8 cm³/mol. The third-order valence-electron chi connectivity index (χ3n) is 4.32. The molecule has 2 fully saturated rings. The number of piperidine rings is 1. The topological polar surface area (TPSA) is 78.9 Å². The van der Waals surface area contributed by atoms with Gasteiger partial charge in [-0.2, -0.15) is 0 Å². The van der Waals surface area contributed by atoms with Gasteiger partial charge < -0.3 is 20.1 Å². The second kappa shape index (κ2) is 5.88. The van der Waals surface area contributed by atoms with Crippen LogP contribution in [0.15, 0.2) is 0 Å². The first-order chi connectivity index (χ1) is 9.09. The van der Waals surface area contributed by atoms with Crippen molar-refractivity contribution in [3.63, 3.8) is 0 Å². The van der Waals surface area contributed by atoms with Gasteiger partial charge in [0.1, 0.15) is 0 Å². The Kier molecular flexibility index (Phi) is 4.42. The van der Waals surface area contributed by atoms with Crippen molar-refractivity contribution in [1.82, 2.24) is 10.2 Å². The van der Waals surface area contributed by atoms with Crippen molar-refractivity contribution >= 4 is 11.9 Å². The Morgan fingerprint density at radius 2 is 2.11 bits per heavy atom. The molecule has 2 saturated heterocycles. The van der Waals surface area contributed by atoms with E-state index in [1.54, 1.807) is 4.90 Å². The van der Waals surface area contributed by atoms with Crippen LogP contribution in [0, 0.1) is 5.41 Å².